The zero-order valence-electron chi connectivity index (χ0n) is 14.4. The summed E-state index contributed by atoms with van der Waals surface area (Å²) in [5.74, 6) is -0.338. The predicted molar refractivity (Wildman–Crippen MR) is 87.2 cm³/mol. The van der Waals surface area contributed by atoms with Crippen LogP contribution >= 0.6 is 0 Å². The molecule has 4 rings (SSSR count). The summed E-state index contributed by atoms with van der Waals surface area (Å²) in [5, 5.41) is 0. The van der Waals surface area contributed by atoms with Gasteiger partial charge in [-0.3, -0.25) is 9.59 Å². The first-order chi connectivity index (χ1) is 11.7. The van der Waals surface area contributed by atoms with Gasteiger partial charge in [-0.25, -0.2) is 0 Å². The van der Waals surface area contributed by atoms with Crippen LogP contribution in [0.5, 0.6) is 0 Å². The van der Waals surface area contributed by atoms with Crippen molar-refractivity contribution in [2.75, 3.05) is 39.4 Å². The summed E-state index contributed by atoms with van der Waals surface area (Å²) in [4.78, 5) is 29.9. The fourth-order valence-electron chi connectivity index (χ4n) is 4.36. The molecule has 0 atom stereocenters. The Morgan fingerprint density at radius 2 is 1.17 bits per heavy atom. The smallest absolute Gasteiger partial charge is 0.238 e. The molecule has 0 aromatic rings. The standard InChI is InChI=1S/C18H28N2O4/c21-15(19-9-3-1-2-4-10-19)17(5-6-17)16(22)20-11-7-18(8-12-20)23-13-14-24-18/h1-14H2. The third-order valence-corrected chi connectivity index (χ3v) is 6.09. The van der Waals surface area contributed by atoms with Gasteiger partial charge in [-0.15, -0.1) is 0 Å². The number of nitrogens with zero attached hydrogens (tertiary/aromatic N) is 2. The second-order valence-corrected chi connectivity index (χ2v) is 7.69. The Morgan fingerprint density at radius 1 is 0.667 bits per heavy atom. The minimum absolute atomic E-state index is 0.0459. The lowest BCUT2D eigenvalue weighted by molar-refractivity contribution is -0.189. The molecule has 6 nitrogen and oxygen atoms in total. The van der Waals surface area contributed by atoms with Crippen LogP contribution in [0.25, 0.3) is 0 Å². The van der Waals surface area contributed by atoms with E-state index in [2.05, 4.69) is 0 Å². The maximum atomic E-state index is 13.1. The summed E-state index contributed by atoms with van der Waals surface area (Å²) in [7, 11) is 0. The lowest BCUT2D eigenvalue weighted by Gasteiger charge is -2.39. The Balaban J connectivity index is 1.39. The van der Waals surface area contributed by atoms with E-state index in [1.165, 1.54) is 12.8 Å². The van der Waals surface area contributed by atoms with E-state index in [0.29, 0.717) is 39.1 Å². The summed E-state index contributed by atoms with van der Waals surface area (Å²) in [5.41, 5.74) is -0.744. The minimum atomic E-state index is -0.744. The topological polar surface area (TPSA) is 59.1 Å². The van der Waals surface area contributed by atoms with Crippen LogP contribution in [0.4, 0.5) is 0 Å². The number of likely N-dealkylation sites (tertiary alicyclic amines) is 2. The monoisotopic (exact) mass is 336 g/mol. The minimum Gasteiger partial charge on any atom is -0.347 e. The van der Waals surface area contributed by atoms with Crippen molar-refractivity contribution in [1.29, 1.82) is 0 Å². The average Bonchev–Trinajstić information content (AvgIpc) is 3.36. The molecule has 0 bridgehead atoms. The number of amides is 2. The third-order valence-electron chi connectivity index (χ3n) is 6.09. The molecule has 0 radical (unpaired) electrons. The van der Waals surface area contributed by atoms with Crippen LogP contribution in [-0.2, 0) is 19.1 Å². The molecule has 1 spiro atoms. The largest absolute Gasteiger partial charge is 0.347 e. The van der Waals surface area contributed by atoms with Crippen LogP contribution in [0.15, 0.2) is 0 Å². The summed E-state index contributed by atoms with van der Waals surface area (Å²) < 4.78 is 11.5. The van der Waals surface area contributed by atoms with Crippen molar-refractivity contribution in [2.45, 2.75) is 57.2 Å². The molecule has 6 heteroatoms. The van der Waals surface area contributed by atoms with E-state index in [-0.39, 0.29) is 11.8 Å². The van der Waals surface area contributed by atoms with E-state index in [4.69, 9.17) is 9.47 Å². The Morgan fingerprint density at radius 3 is 1.67 bits per heavy atom. The van der Waals surface area contributed by atoms with E-state index in [0.717, 1.165) is 38.8 Å². The molecule has 0 unspecified atom stereocenters. The number of hydrogen-bond acceptors (Lipinski definition) is 4. The highest BCUT2D eigenvalue weighted by Gasteiger charge is 2.60. The summed E-state index contributed by atoms with van der Waals surface area (Å²) >= 11 is 0. The zero-order valence-corrected chi connectivity index (χ0v) is 14.4. The van der Waals surface area contributed by atoms with E-state index in [1.54, 1.807) is 0 Å². The highest BCUT2D eigenvalue weighted by Crippen LogP contribution is 2.49. The highest BCUT2D eigenvalue weighted by atomic mass is 16.7. The van der Waals surface area contributed by atoms with Gasteiger partial charge in [0.1, 0.15) is 5.41 Å². The van der Waals surface area contributed by atoms with Crippen LogP contribution in [0.1, 0.15) is 51.4 Å². The number of carbonyl (C=O) groups is 2. The third kappa shape index (κ3) is 2.84. The van der Waals surface area contributed by atoms with Crippen molar-refractivity contribution in [3.05, 3.63) is 0 Å². The molecule has 4 aliphatic rings. The number of ether oxygens (including phenoxy) is 2. The van der Waals surface area contributed by atoms with Crippen molar-refractivity contribution in [1.82, 2.24) is 9.80 Å². The Kier molecular flexibility index (Phi) is 4.29. The van der Waals surface area contributed by atoms with Crippen molar-refractivity contribution >= 4 is 11.8 Å². The first kappa shape index (κ1) is 16.3. The van der Waals surface area contributed by atoms with Gasteiger partial charge in [0.15, 0.2) is 5.79 Å². The van der Waals surface area contributed by atoms with Gasteiger partial charge >= 0.3 is 0 Å². The number of rotatable bonds is 2. The predicted octanol–water partition coefficient (Wildman–Crippen LogP) is 1.53. The molecule has 0 aromatic heterocycles. The van der Waals surface area contributed by atoms with Gasteiger partial charge < -0.3 is 19.3 Å². The molecule has 0 aromatic carbocycles. The number of hydrogen-bond donors (Lipinski definition) is 0. The fourth-order valence-corrected chi connectivity index (χ4v) is 4.36. The maximum Gasteiger partial charge on any atom is 0.238 e. The SMILES string of the molecule is O=C(N1CCCCCC1)C1(C(=O)N2CCC3(CC2)OCCO3)CC1. The van der Waals surface area contributed by atoms with E-state index < -0.39 is 11.2 Å². The second kappa shape index (κ2) is 6.30. The number of piperidine rings is 1. The molecule has 1 aliphatic carbocycles. The second-order valence-electron chi connectivity index (χ2n) is 7.69. The van der Waals surface area contributed by atoms with Crippen molar-refractivity contribution in [3.8, 4) is 0 Å². The van der Waals surface area contributed by atoms with Gasteiger partial charge in [0.25, 0.3) is 0 Å². The van der Waals surface area contributed by atoms with Crippen LogP contribution in [0, 0.1) is 5.41 Å². The lowest BCUT2D eigenvalue weighted by Crippen LogP contribution is -2.52. The summed E-state index contributed by atoms with van der Waals surface area (Å²) in [6, 6.07) is 0. The van der Waals surface area contributed by atoms with Gasteiger partial charge in [0.05, 0.1) is 13.2 Å². The lowest BCUT2D eigenvalue weighted by atomic mass is 9.98. The van der Waals surface area contributed by atoms with E-state index >= 15 is 0 Å². The van der Waals surface area contributed by atoms with Crippen molar-refractivity contribution < 1.29 is 19.1 Å². The quantitative estimate of drug-likeness (QED) is 0.718. The van der Waals surface area contributed by atoms with Gasteiger partial charge in [-0.1, -0.05) is 12.8 Å². The summed E-state index contributed by atoms with van der Waals surface area (Å²) in [6.45, 7) is 4.19. The molecule has 3 heterocycles. The van der Waals surface area contributed by atoms with Crippen molar-refractivity contribution in [3.63, 3.8) is 0 Å². The van der Waals surface area contributed by atoms with Gasteiger partial charge in [-0.2, -0.15) is 0 Å². The first-order valence-corrected chi connectivity index (χ1v) is 9.52. The Bertz CT molecular complexity index is 493. The molecule has 0 N–H and O–H groups in total. The average molecular weight is 336 g/mol. The van der Waals surface area contributed by atoms with Crippen LogP contribution in [-0.4, -0.2) is 66.8 Å². The zero-order chi connectivity index (χ0) is 16.6. The van der Waals surface area contributed by atoms with Gasteiger partial charge in [0, 0.05) is 39.0 Å². The molecule has 1 saturated carbocycles. The first-order valence-electron chi connectivity index (χ1n) is 9.52. The van der Waals surface area contributed by atoms with Crippen LogP contribution in [0.3, 0.4) is 0 Å². The van der Waals surface area contributed by atoms with Crippen molar-refractivity contribution in [2.24, 2.45) is 5.41 Å². The maximum absolute atomic E-state index is 13.1. The molecular weight excluding hydrogens is 308 g/mol. The Hall–Kier alpha value is -1.14. The summed E-state index contributed by atoms with van der Waals surface area (Å²) in [6.07, 6.45) is 7.39. The molecule has 3 saturated heterocycles. The number of carbonyl (C=O) groups excluding carboxylic acids is 2. The normalized spacial score (nSPS) is 28.7. The fraction of sp³-hybridized carbons (Fsp3) is 0.889. The molecule has 134 valence electrons. The van der Waals surface area contributed by atoms with E-state index in [1.807, 2.05) is 9.80 Å². The van der Waals surface area contributed by atoms with Crippen LogP contribution in [0.2, 0.25) is 0 Å². The van der Waals surface area contributed by atoms with E-state index in [9.17, 15) is 9.59 Å². The molecule has 3 aliphatic heterocycles. The Labute approximate surface area is 143 Å². The van der Waals surface area contributed by atoms with Crippen LogP contribution < -0.4 is 0 Å². The van der Waals surface area contributed by atoms with Gasteiger partial charge in [0.2, 0.25) is 11.8 Å². The highest BCUT2D eigenvalue weighted by molar-refractivity contribution is 6.07. The molecule has 2 amide bonds. The van der Waals surface area contributed by atoms with Gasteiger partial charge in [-0.05, 0) is 25.7 Å². The molecule has 4 fully saturated rings. The molecule has 24 heavy (non-hydrogen) atoms. The molecular formula is C18H28N2O4.